The van der Waals surface area contributed by atoms with Crippen molar-refractivity contribution < 1.29 is 4.79 Å². The first-order valence-corrected chi connectivity index (χ1v) is 8.07. The normalized spacial score (nSPS) is 19.4. The van der Waals surface area contributed by atoms with Crippen molar-refractivity contribution in [2.45, 2.75) is 32.1 Å². The van der Waals surface area contributed by atoms with Crippen LogP contribution >= 0.6 is 22.9 Å². The Morgan fingerprint density at radius 1 is 1.56 bits per heavy atom. The first-order valence-electron chi connectivity index (χ1n) is 6.65. The van der Waals surface area contributed by atoms with Gasteiger partial charge in [-0.05, 0) is 43.0 Å². The molecule has 0 radical (unpaired) electrons. The minimum absolute atomic E-state index is 0.323. The highest BCUT2D eigenvalue weighted by Gasteiger charge is 2.25. The minimum Gasteiger partial charge on any atom is -0.342 e. The van der Waals surface area contributed by atoms with Crippen molar-refractivity contribution in [1.82, 2.24) is 4.90 Å². The molecule has 18 heavy (non-hydrogen) atoms. The molecule has 2 heterocycles. The molecular formula is C14H20ClNOS. The smallest absolute Gasteiger partial charge is 0.222 e. The predicted molar refractivity (Wildman–Crippen MR) is 77.3 cm³/mol. The fraction of sp³-hybridized carbons (Fsp3) is 0.643. The predicted octanol–water partition coefficient (Wildman–Crippen LogP) is 3.55. The van der Waals surface area contributed by atoms with Crippen molar-refractivity contribution in [2.24, 2.45) is 5.92 Å². The molecule has 0 aliphatic carbocycles. The highest BCUT2D eigenvalue weighted by Crippen LogP contribution is 2.21. The largest absolute Gasteiger partial charge is 0.342 e. The average molecular weight is 286 g/mol. The van der Waals surface area contributed by atoms with E-state index in [1.807, 2.05) is 4.90 Å². The lowest BCUT2D eigenvalue weighted by molar-refractivity contribution is -0.130. The van der Waals surface area contributed by atoms with E-state index < -0.39 is 0 Å². The first kappa shape index (κ1) is 13.9. The molecule has 2 nitrogen and oxygen atoms in total. The third-order valence-electron chi connectivity index (χ3n) is 3.55. The maximum absolute atomic E-state index is 12.0. The second-order valence-corrected chi connectivity index (χ2v) is 6.32. The van der Waals surface area contributed by atoms with Crippen LogP contribution in [0.4, 0.5) is 0 Å². The molecule has 1 aromatic heterocycles. The lowest BCUT2D eigenvalue weighted by Gasteiger charge is -2.16. The van der Waals surface area contributed by atoms with E-state index >= 15 is 0 Å². The number of halogens is 1. The van der Waals surface area contributed by atoms with Gasteiger partial charge in [0.1, 0.15) is 0 Å². The van der Waals surface area contributed by atoms with Gasteiger partial charge in [0.2, 0.25) is 5.91 Å². The number of carbonyl (C=O) groups excluding carboxylic acids is 1. The molecule has 1 aliphatic rings. The Morgan fingerprint density at radius 2 is 2.44 bits per heavy atom. The number of aryl methyl sites for hydroxylation is 1. The van der Waals surface area contributed by atoms with E-state index in [0.717, 1.165) is 38.8 Å². The fourth-order valence-corrected chi connectivity index (χ4v) is 3.54. The van der Waals surface area contributed by atoms with Crippen LogP contribution in [-0.2, 0) is 11.2 Å². The van der Waals surface area contributed by atoms with Gasteiger partial charge in [-0.2, -0.15) is 0 Å². The second-order valence-electron chi connectivity index (χ2n) is 4.91. The molecule has 1 aromatic rings. The summed E-state index contributed by atoms with van der Waals surface area (Å²) in [5.74, 6) is 1.66. The van der Waals surface area contributed by atoms with Crippen molar-refractivity contribution in [1.29, 1.82) is 0 Å². The molecule has 1 aliphatic heterocycles. The summed E-state index contributed by atoms with van der Waals surface area (Å²) in [5.41, 5.74) is 0. The van der Waals surface area contributed by atoms with Crippen LogP contribution in [0.25, 0.3) is 0 Å². The Balaban J connectivity index is 1.66. The second kappa shape index (κ2) is 7.15. The Hall–Kier alpha value is -0.540. The zero-order valence-corrected chi connectivity index (χ0v) is 12.2. The van der Waals surface area contributed by atoms with Crippen LogP contribution in [0, 0.1) is 5.92 Å². The van der Waals surface area contributed by atoms with Crippen molar-refractivity contribution in [3.8, 4) is 0 Å². The molecule has 2 rings (SSSR count). The molecule has 4 heteroatoms. The zero-order chi connectivity index (χ0) is 12.8. The first-order chi connectivity index (χ1) is 8.79. The number of nitrogens with zero attached hydrogens (tertiary/aromatic N) is 1. The van der Waals surface area contributed by atoms with Crippen LogP contribution in [0.3, 0.4) is 0 Å². The number of amides is 1. The Bertz CT molecular complexity index is 366. The molecule has 0 spiro atoms. The highest BCUT2D eigenvalue weighted by atomic mass is 35.5. The van der Waals surface area contributed by atoms with E-state index in [9.17, 15) is 4.79 Å². The topological polar surface area (TPSA) is 20.3 Å². The van der Waals surface area contributed by atoms with Gasteiger partial charge in [-0.15, -0.1) is 22.9 Å². The zero-order valence-electron chi connectivity index (χ0n) is 10.6. The van der Waals surface area contributed by atoms with Gasteiger partial charge in [0, 0.05) is 30.3 Å². The van der Waals surface area contributed by atoms with Gasteiger partial charge in [-0.1, -0.05) is 6.07 Å². The summed E-state index contributed by atoms with van der Waals surface area (Å²) in [6, 6.07) is 4.21. The SMILES string of the molecule is O=C(CCCc1cccs1)N1CCC(CCCl)C1. The van der Waals surface area contributed by atoms with E-state index in [1.165, 1.54) is 4.88 Å². The number of rotatable bonds is 6. The third kappa shape index (κ3) is 3.99. The van der Waals surface area contributed by atoms with Crippen molar-refractivity contribution >= 4 is 28.8 Å². The number of hydrogen-bond acceptors (Lipinski definition) is 2. The van der Waals surface area contributed by atoms with Crippen LogP contribution in [-0.4, -0.2) is 29.8 Å². The van der Waals surface area contributed by atoms with Gasteiger partial charge < -0.3 is 4.90 Å². The molecule has 1 saturated heterocycles. The molecule has 1 fully saturated rings. The van der Waals surface area contributed by atoms with Crippen LogP contribution in [0.15, 0.2) is 17.5 Å². The Kier molecular flexibility index (Phi) is 5.51. The minimum atomic E-state index is 0.323. The maximum atomic E-state index is 12.0. The quantitative estimate of drug-likeness (QED) is 0.732. The standard InChI is InChI=1S/C14H20ClNOS/c15-8-6-12-7-9-16(11-12)14(17)5-1-3-13-4-2-10-18-13/h2,4,10,12H,1,3,5-9,11H2. The van der Waals surface area contributed by atoms with Gasteiger partial charge in [0.05, 0.1) is 0 Å². The summed E-state index contributed by atoms with van der Waals surface area (Å²) in [7, 11) is 0. The summed E-state index contributed by atoms with van der Waals surface area (Å²) in [4.78, 5) is 15.4. The van der Waals surface area contributed by atoms with Gasteiger partial charge in [-0.3, -0.25) is 4.79 Å². The molecule has 0 N–H and O–H groups in total. The van der Waals surface area contributed by atoms with Crippen LogP contribution in [0.1, 0.15) is 30.6 Å². The lowest BCUT2D eigenvalue weighted by Crippen LogP contribution is -2.28. The summed E-state index contributed by atoms with van der Waals surface area (Å²) in [6.07, 6.45) is 4.85. The van der Waals surface area contributed by atoms with Gasteiger partial charge in [0.15, 0.2) is 0 Å². The maximum Gasteiger partial charge on any atom is 0.222 e. The number of carbonyl (C=O) groups is 1. The number of hydrogen-bond donors (Lipinski definition) is 0. The highest BCUT2D eigenvalue weighted by molar-refractivity contribution is 7.09. The van der Waals surface area contributed by atoms with Crippen LogP contribution in [0.2, 0.25) is 0 Å². The van der Waals surface area contributed by atoms with Gasteiger partial charge in [-0.25, -0.2) is 0 Å². The van der Waals surface area contributed by atoms with Crippen LogP contribution < -0.4 is 0 Å². The monoisotopic (exact) mass is 285 g/mol. The van der Waals surface area contributed by atoms with E-state index in [1.54, 1.807) is 11.3 Å². The lowest BCUT2D eigenvalue weighted by atomic mass is 10.1. The van der Waals surface area contributed by atoms with Crippen molar-refractivity contribution in [2.75, 3.05) is 19.0 Å². The van der Waals surface area contributed by atoms with Gasteiger partial charge >= 0.3 is 0 Å². The Labute approximate surface area is 118 Å². The summed E-state index contributed by atoms with van der Waals surface area (Å²) in [5, 5.41) is 2.09. The molecule has 1 unspecified atom stereocenters. The molecule has 0 bridgehead atoms. The number of thiophene rings is 1. The van der Waals surface area contributed by atoms with Crippen molar-refractivity contribution in [3.05, 3.63) is 22.4 Å². The van der Waals surface area contributed by atoms with Crippen LogP contribution in [0.5, 0.6) is 0 Å². The van der Waals surface area contributed by atoms with E-state index in [-0.39, 0.29) is 0 Å². The molecule has 1 atom stereocenters. The molecule has 1 amide bonds. The fourth-order valence-electron chi connectivity index (χ4n) is 2.48. The summed E-state index contributed by atoms with van der Waals surface area (Å²) >= 11 is 7.52. The molecule has 0 aromatic carbocycles. The third-order valence-corrected chi connectivity index (χ3v) is 4.70. The molecular weight excluding hydrogens is 266 g/mol. The number of alkyl halides is 1. The van der Waals surface area contributed by atoms with E-state index in [2.05, 4.69) is 17.5 Å². The molecule has 0 saturated carbocycles. The number of likely N-dealkylation sites (tertiary alicyclic amines) is 1. The van der Waals surface area contributed by atoms with E-state index in [0.29, 0.717) is 24.1 Å². The Morgan fingerprint density at radius 3 is 3.17 bits per heavy atom. The van der Waals surface area contributed by atoms with Crippen molar-refractivity contribution in [3.63, 3.8) is 0 Å². The van der Waals surface area contributed by atoms with E-state index in [4.69, 9.17) is 11.6 Å². The summed E-state index contributed by atoms with van der Waals surface area (Å²) in [6.45, 7) is 1.85. The van der Waals surface area contributed by atoms with Gasteiger partial charge in [0.25, 0.3) is 0 Å². The molecule has 100 valence electrons. The summed E-state index contributed by atoms with van der Waals surface area (Å²) < 4.78 is 0. The average Bonchev–Trinajstić information content (AvgIpc) is 3.00.